The van der Waals surface area contributed by atoms with Gasteiger partial charge in [-0.05, 0) is 25.1 Å². The number of nitrogens with one attached hydrogen (secondary N) is 1. The fourth-order valence-corrected chi connectivity index (χ4v) is 2.27. The van der Waals surface area contributed by atoms with Crippen LogP contribution in [-0.4, -0.2) is 30.7 Å². The zero-order valence-electron chi connectivity index (χ0n) is 13.1. The molecule has 0 unspecified atom stereocenters. The number of aromatic hydroxyl groups is 1. The molecule has 0 radical (unpaired) electrons. The van der Waals surface area contributed by atoms with Crippen LogP contribution in [0.5, 0.6) is 5.75 Å². The van der Waals surface area contributed by atoms with Crippen molar-refractivity contribution in [2.75, 3.05) is 5.32 Å². The Labute approximate surface area is 141 Å². The highest BCUT2D eigenvalue weighted by atomic mass is 16.6. The van der Waals surface area contributed by atoms with Crippen LogP contribution in [0.25, 0.3) is 5.82 Å². The van der Waals surface area contributed by atoms with E-state index in [0.29, 0.717) is 11.5 Å². The Kier molecular flexibility index (Phi) is 4.12. The molecule has 2 aromatic heterocycles. The fourth-order valence-electron chi connectivity index (χ4n) is 2.27. The molecule has 0 saturated heterocycles. The minimum atomic E-state index is -0.612. The Bertz CT molecular complexity index is 952. The Morgan fingerprint density at radius 3 is 2.80 bits per heavy atom. The van der Waals surface area contributed by atoms with E-state index in [1.807, 2.05) is 0 Å². The van der Waals surface area contributed by atoms with Gasteiger partial charge in [0.05, 0.1) is 28.1 Å². The normalized spacial score (nSPS) is 10.4. The van der Waals surface area contributed by atoms with Gasteiger partial charge < -0.3 is 10.4 Å². The number of carbonyl (C=O) groups is 1. The summed E-state index contributed by atoms with van der Waals surface area (Å²) in [4.78, 5) is 26.8. The van der Waals surface area contributed by atoms with E-state index in [1.54, 1.807) is 31.3 Å². The molecule has 2 N–H and O–H groups in total. The molecule has 3 rings (SSSR count). The first kappa shape index (κ1) is 16.1. The predicted octanol–water partition coefficient (Wildman–Crippen LogP) is 2.44. The van der Waals surface area contributed by atoms with E-state index in [2.05, 4.69) is 15.4 Å². The third-order valence-corrected chi connectivity index (χ3v) is 3.56. The molecular formula is C16H13N5O4. The number of aromatic nitrogens is 3. The minimum absolute atomic E-state index is 0.0517. The maximum Gasteiger partial charge on any atom is 0.271 e. The van der Waals surface area contributed by atoms with Gasteiger partial charge >= 0.3 is 0 Å². The fraction of sp³-hybridized carbons (Fsp3) is 0.0625. The Hall–Kier alpha value is -3.75. The molecule has 0 aliphatic heterocycles. The first-order chi connectivity index (χ1) is 12.0. The van der Waals surface area contributed by atoms with Crippen molar-refractivity contribution >= 4 is 17.3 Å². The molecule has 0 saturated carbocycles. The van der Waals surface area contributed by atoms with E-state index in [9.17, 15) is 20.0 Å². The van der Waals surface area contributed by atoms with Crippen LogP contribution in [0.2, 0.25) is 0 Å². The van der Waals surface area contributed by atoms with Gasteiger partial charge in [0.1, 0.15) is 5.75 Å². The van der Waals surface area contributed by atoms with E-state index in [0.717, 1.165) is 18.2 Å². The number of phenolic OH excluding ortho intramolecular Hbond substituents is 1. The van der Waals surface area contributed by atoms with Crippen LogP contribution >= 0.6 is 0 Å². The Morgan fingerprint density at radius 1 is 1.32 bits per heavy atom. The number of hydrogen-bond acceptors (Lipinski definition) is 6. The number of pyridine rings is 1. The number of hydrogen-bond donors (Lipinski definition) is 2. The van der Waals surface area contributed by atoms with E-state index in [-0.39, 0.29) is 22.7 Å². The summed E-state index contributed by atoms with van der Waals surface area (Å²) < 4.78 is 1.50. The quantitative estimate of drug-likeness (QED) is 0.427. The number of nitrogens with zero attached hydrogens (tertiary/aromatic N) is 4. The molecule has 0 aliphatic rings. The highest BCUT2D eigenvalue weighted by Crippen LogP contribution is 2.28. The van der Waals surface area contributed by atoms with Crippen LogP contribution in [-0.2, 0) is 0 Å². The second kappa shape index (κ2) is 6.40. The highest BCUT2D eigenvalue weighted by molar-refractivity contribution is 6.05. The molecule has 9 heteroatoms. The van der Waals surface area contributed by atoms with Gasteiger partial charge in [-0.2, -0.15) is 5.10 Å². The van der Waals surface area contributed by atoms with Crippen LogP contribution in [0, 0.1) is 17.0 Å². The number of amides is 1. The summed E-state index contributed by atoms with van der Waals surface area (Å²) in [5, 5.41) is 27.2. The molecule has 2 heterocycles. The van der Waals surface area contributed by atoms with Gasteiger partial charge in [0.15, 0.2) is 5.82 Å². The molecule has 1 amide bonds. The average Bonchev–Trinajstić information content (AvgIpc) is 2.99. The monoisotopic (exact) mass is 339 g/mol. The Morgan fingerprint density at radius 2 is 2.12 bits per heavy atom. The van der Waals surface area contributed by atoms with Crippen LogP contribution in [0.1, 0.15) is 16.1 Å². The van der Waals surface area contributed by atoms with Gasteiger partial charge in [-0.15, -0.1) is 0 Å². The lowest BCUT2D eigenvalue weighted by Gasteiger charge is -2.07. The molecule has 0 aliphatic carbocycles. The molecule has 1 aromatic carbocycles. The molecule has 3 aromatic rings. The van der Waals surface area contributed by atoms with E-state index in [4.69, 9.17) is 0 Å². The van der Waals surface area contributed by atoms with Crippen LogP contribution in [0.15, 0.2) is 48.8 Å². The van der Waals surface area contributed by atoms with Gasteiger partial charge in [-0.1, -0.05) is 6.07 Å². The molecule has 0 bridgehead atoms. The number of non-ortho nitro benzene ring substituents is 1. The maximum atomic E-state index is 12.4. The summed E-state index contributed by atoms with van der Waals surface area (Å²) in [5.41, 5.74) is 0.510. The van der Waals surface area contributed by atoms with Crippen molar-refractivity contribution in [2.24, 2.45) is 0 Å². The van der Waals surface area contributed by atoms with Gasteiger partial charge in [0.2, 0.25) is 0 Å². The minimum Gasteiger partial charge on any atom is -0.506 e. The number of carbonyl (C=O) groups excluding carboxylic acids is 1. The second-order valence-corrected chi connectivity index (χ2v) is 5.16. The molecule has 126 valence electrons. The zero-order valence-corrected chi connectivity index (χ0v) is 13.1. The van der Waals surface area contributed by atoms with Gasteiger partial charge in [-0.25, -0.2) is 9.67 Å². The van der Waals surface area contributed by atoms with E-state index >= 15 is 0 Å². The van der Waals surface area contributed by atoms with E-state index < -0.39 is 10.8 Å². The van der Waals surface area contributed by atoms with Crippen LogP contribution < -0.4 is 5.32 Å². The summed E-state index contributed by atoms with van der Waals surface area (Å²) in [7, 11) is 0. The summed E-state index contributed by atoms with van der Waals surface area (Å²) in [6.45, 7) is 1.70. The van der Waals surface area contributed by atoms with Gasteiger partial charge in [0, 0.05) is 18.3 Å². The number of rotatable bonds is 4. The second-order valence-electron chi connectivity index (χ2n) is 5.16. The average molecular weight is 339 g/mol. The highest BCUT2D eigenvalue weighted by Gasteiger charge is 2.18. The SMILES string of the molecule is Cc1c(C(=O)Nc2cc([N+](=O)[O-])ccc2O)cnn1-c1ccccn1. The van der Waals surface area contributed by atoms with Crippen molar-refractivity contribution in [3.8, 4) is 11.6 Å². The third kappa shape index (κ3) is 3.15. The van der Waals surface area contributed by atoms with E-state index in [1.165, 1.54) is 10.9 Å². The molecule has 0 fully saturated rings. The number of nitro benzene ring substituents is 1. The smallest absolute Gasteiger partial charge is 0.271 e. The predicted molar refractivity (Wildman–Crippen MR) is 88.8 cm³/mol. The topological polar surface area (TPSA) is 123 Å². The van der Waals surface area contributed by atoms with Gasteiger partial charge in [-0.3, -0.25) is 14.9 Å². The largest absolute Gasteiger partial charge is 0.506 e. The molecule has 25 heavy (non-hydrogen) atoms. The van der Waals surface area contributed by atoms with Crippen molar-refractivity contribution in [3.63, 3.8) is 0 Å². The number of phenols is 1. The maximum absolute atomic E-state index is 12.4. The number of benzene rings is 1. The lowest BCUT2D eigenvalue weighted by atomic mass is 10.2. The third-order valence-electron chi connectivity index (χ3n) is 3.56. The lowest BCUT2D eigenvalue weighted by Crippen LogP contribution is -2.13. The van der Waals surface area contributed by atoms with Gasteiger partial charge in [0.25, 0.3) is 11.6 Å². The first-order valence-corrected chi connectivity index (χ1v) is 7.22. The standard InChI is InChI=1S/C16H13N5O4/c1-10-12(9-18-20(10)15-4-2-3-7-17-15)16(23)19-13-8-11(21(24)25)5-6-14(13)22/h2-9,22H,1H3,(H,19,23). The van der Waals surface area contributed by atoms with Crippen molar-refractivity contribution in [2.45, 2.75) is 6.92 Å². The Balaban J connectivity index is 1.89. The molecule has 0 atom stereocenters. The number of anilines is 1. The number of nitro groups is 1. The summed E-state index contributed by atoms with van der Waals surface area (Å²) in [5.74, 6) is -0.263. The van der Waals surface area contributed by atoms with Crippen LogP contribution in [0.3, 0.4) is 0 Å². The molecule has 0 spiro atoms. The van der Waals surface area contributed by atoms with Crippen molar-refractivity contribution < 1.29 is 14.8 Å². The summed E-state index contributed by atoms with van der Waals surface area (Å²) in [6.07, 6.45) is 2.98. The van der Waals surface area contributed by atoms with Crippen molar-refractivity contribution in [1.29, 1.82) is 0 Å². The molecular weight excluding hydrogens is 326 g/mol. The summed E-state index contributed by atoms with van der Waals surface area (Å²) in [6, 6.07) is 8.69. The first-order valence-electron chi connectivity index (χ1n) is 7.22. The summed E-state index contributed by atoms with van der Waals surface area (Å²) >= 11 is 0. The lowest BCUT2D eigenvalue weighted by molar-refractivity contribution is -0.384. The van der Waals surface area contributed by atoms with Crippen LogP contribution in [0.4, 0.5) is 11.4 Å². The van der Waals surface area contributed by atoms with Crippen molar-refractivity contribution in [1.82, 2.24) is 14.8 Å². The zero-order chi connectivity index (χ0) is 18.0. The van der Waals surface area contributed by atoms with Crippen molar-refractivity contribution in [3.05, 3.63) is 70.2 Å². The molecule has 9 nitrogen and oxygen atoms in total.